The smallest absolute Gasteiger partial charge is 0.354 e. The number of rotatable bonds is 1. The molecule has 1 fully saturated rings. The van der Waals surface area contributed by atoms with Crippen molar-refractivity contribution in [3.63, 3.8) is 0 Å². The van der Waals surface area contributed by atoms with E-state index in [1.165, 1.54) is 12.1 Å². The van der Waals surface area contributed by atoms with Gasteiger partial charge in [-0.2, -0.15) is 0 Å². The van der Waals surface area contributed by atoms with E-state index < -0.39 is 34.6 Å². The summed E-state index contributed by atoms with van der Waals surface area (Å²) in [7, 11) is 0. The van der Waals surface area contributed by atoms with E-state index in [2.05, 4.69) is 5.32 Å². The third-order valence-corrected chi connectivity index (χ3v) is 3.47. The number of nitrogens with one attached hydrogen (secondary N) is 1. The topological polar surface area (TPSA) is 102 Å². The number of carbonyl (C=O) groups is 3. The molecule has 2 heterocycles. The van der Waals surface area contributed by atoms with Crippen molar-refractivity contribution in [2.24, 2.45) is 5.73 Å². The molecule has 104 valence electrons. The Morgan fingerprint density at radius 2 is 2.15 bits per heavy atom. The van der Waals surface area contributed by atoms with Crippen LogP contribution in [0.1, 0.15) is 12.0 Å². The molecular weight excluding hydrogens is 269 g/mol. The van der Waals surface area contributed by atoms with Gasteiger partial charge in [0.2, 0.25) is 0 Å². The lowest BCUT2D eigenvalue weighted by atomic mass is 9.81. The predicted molar refractivity (Wildman–Crippen MR) is 62.8 cm³/mol. The first-order valence-electron chi connectivity index (χ1n) is 5.83. The number of fused-ring (bicyclic) bond motifs is 2. The molecule has 0 aliphatic carbocycles. The van der Waals surface area contributed by atoms with Gasteiger partial charge in [-0.05, 0) is 6.07 Å². The van der Waals surface area contributed by atoms with E-state index in [4.69, 9.17) is 10.5 Å². The second kappa shape index (κ2) is 3.92. The van der Waals surface area contributed by atoms with Crippen molar-refractivity contribution in [2.75, 3.05) is 0 Å². The molecule has 2 aliphatic heterocycles. The number of amides is 4. The van der Waals surface area contributed by atoms with Gasteiger partial charge in [-0.25, -0.2) is 4.79 Å². The minimum absolute atomic E-state index is 0.214. The first-order valence-corrected chi connectivity index (χ1v) is 5.83. The molecule has 1 aromatic rings. The number of benzene rings is 1. The van der Waals surface area contributed by atoms with Gasteiger partial charge in [0.05, 0.1) is 0 Å². The Labute approximate surface area is 112 Å². The molecular formula is C12H10FN3O4. The third kappa shape index (κ3) is 1.47. The van der Waals surface area contributed by atoms with Crippen molar-refractivity contribution in [3.8, 4) is 5.75 Å². The number of nitrogens with zero attached hydrogens (tertiary/aromatic N) is 1. The van der Waals surface area contributed by atoms with Gasteiger partial charge in [-0.3, -0.25) is 9.59 Å². The van der Waals surface area contributed by atoms with Gasteiger partial charge < -0.3 is 15.8 Å². The number of nitrogens with two attached hydrogens (primary N) is 1. The molecule has 7 nitrogen and oxygen atoms in total. The van der Waals surface area contributed by atoms with Crippen LogP contribution in [0, 0.1) is 0 Å². The van der Waals surface area contributed by atoms with E-state index in [0.29, 0.717) is 5.56 Å². The van der Waals surface area contributed by atoms with Crippen LogP contribution in [-0.2, 0) is 15.1 Å². The first kappa shape index (κ1) is 12.4. The van der Waals surface area contributed by atoms with Crippen LogP contribution in [0.15, 0.2) is 24.3 Å². The fourth-order valence-electron chi connectivity index (χ4n) is 2.53. The molecule has 3 N–H and O–H groups in total. The summed E-state index contributed by atoms with van der Waals surface area (Å²) in [5.41, 5.74) is 3.84. The number of primary amides is 1. The highest BCUT2D eigenvalue weighted by atomic mass is 19.2. The number of para-hydroxylation sites is 1. The van der Waals surface area contributed by atoms with Crippen LogP contribution in [-0.4, -0.2) is 29.1 Å². The van der Waals surface area contributed by atoms with Crippen molar-refractivity contribution in [3.05, 3.63) is 29.8 Å². The Balaban J connectivity index is 2.17. The molecule has 0 radical (unpaired) electrons. The van der Waals surface area contributed by atoms with E-state index in [1.807, 2.05) is 0 Å². The van der Waals surface area contributed by atoms with Crippen LogP contribution in [0.4, 0.5) is 9.28 Å². The maximum Gasteiger partial charge on any atom is 0.354 e. The molecule has 1 aromatic carbocycles. The fourth-order valence-corrected chi connectivity index (χ4v) is 2.53. The lowest BCUT2D eigenvalue weighted by Crippen LogP contribution is -2.53. The lowest BCUT2D eigenvalue weighted by molar-refractivity contribution is -0.144. The summed E-state index contributed by atoms with van der Waals surface area (Å²) in [5, 5.41) is 1.78. The number of ether oxygens (including phenoxy) is 1. The number of hydrogen-bond donors (Lipinski definition) is 2. The number of urea groups is 1. The molecule has 0 saturated carbocycles. The number of imide groups is 1. The lowest BCUT2D eigenvalue weighted by Gasteiger charge is -2.36. The summed E-state index contributed by atoms with van der Waals surface area (Å²) < 4.78 is 18.9. The van der Waals surface area contributed by atoms with Crippen LogP contribution in [0.25, 0.3) is 0 Å². The molecule has 0 aromatic heterocycles. The Bertz CT molecular complexity index is 635. The molecule has 2 aliphatic rings. The molecule has 2 unspecified atom stereocenters. The molecule has 3 rings (SSSR count). The van der Waals surface area contributed by atoms with Gasteiger partial charge in [-0.1, -0.05) is 27.8 Å². The van der Waals surface area contributed by atoms with Crippen LogP contribution in [0.3, 0.4) is 0 Å². The van der Waals surface area contributed by atoms with E-state index in [-0.39, 0.29) is 12.2 Å². The normalized spacial score (nSPS) is 28.1. The molecule has 20 heavy (non-hydrogen) atoms. The Morgan fingerprint density at radius 1 is 1.45 bits per heavy atom. The van der Waals surface area contributed by atoms with Crippen molar-refractivity contribution >= 4 is 17.8 Å². The molecule has 4 amide bonds. The molecule has 2 atom stereocenters. The monoisotopic (exact) mass is 279 g/mol. The number of halogens is 1. The minimum atomic E-state index is -1.65. The molecule has 0 bridgehead atoms. The Hall–Kier alpha value is -2.64. The van der Waals surface area contributed by atoms with Crippen molar-refractivity contribution < 1.29 is 23.6 Å². The highest BCUT2D eigenvalue weighted by Gasteiger charge is 2.58. The third-order valence-electron chi connectivity index (χ3n) is 3.47. The minimum Gasteiger partial charge on any atom is -0.480 e. The number of hydrogen-bond acceptors (Lipinski definition) is 4. The van der Waals surface area contributed by atoms with Crippen LogP contribution < -0.4 is 15.8 Å². The summed E-state index contributed by atoms with van der Waals surface area (Å²) in [5.74, 6) is -1.66. The van der Waals surface area contributed by atoms with Gasteiger partial charge >= 0.3 is 6.03 Å². The van der Waals surface area contributed by atoms with Crippen LogP contribution in [0.5, 0.6) is 5.75 Å². The van der Waals surface area contributed by atoms with Gasteiger partial charge in [-0.15, -0.1) is 0 Å². The van der Waals surface area contributed by atoms with Crippen LogP contribution in [0.2, 0.25) is 0 Å². The quantitative estimate of drug-likeness (QED) is 0.556. The predicted octanol–water partition coefficient (Wildman–Crippen LogP) is -0.0454. The molecule has 8 heteroatoms. The summed E-state index contributed by atoms with van der Waals surface area (Å²) in [6, 6.07) is 5.13. The standard InChI is InChI=1S/C12H10FN3O4/c13-16-10(18)12(15-11(16)19)5-8(9(14)17)20-7-4-2-1-3-6(7)12/h1-4,8H,5H2,(H2,14,17)(H,15,19). The SMILES string of the molecule is NC(=O)C1CC2(NC(=O)N(F)C2=O)c2ccccc2O1. The highest BCUT2D eigenvalue weighted by Crippen LogP contribution is 2.43. The van der Waals surface area contributed by atoms with Crippen molar-refractivity contribution in [1.29, 1.82) is 0 Å². The maximum absolute atomic E-state index is 13.5. The van der Waals surface area contributed by atoms with Crippen molar-refractivity contribution in [2.45, 2.75) is 18.1 Å². The summed E-state index contributed by atoms with van der Waals surface area (Å²) in [4.78, 5) is 34.8. The van der Waals surface area contributed by atoms with Gasteiger partial charge in [0.1, 0.15) is 5.75 Å². The first-order chi connectivity index (χ1) is 9.45. The highest BCUT2D eigenvalue weighted by molar-refractivity contribution is 6.07. The average Bonchev–Trinajstić information content (AvgIpc) is 2.64. The second-order valence-corrected chi connectivity index (χ2v) is 4.63. The fraction of sp³-hybridized carbons (Fsp3) is 0.250. The molecule has 1 saturated heterocycles. The van der Waals surface area contributed by atoms with E-state index in [0.717, 1.165) is 0 Å². The summed E-state index contributed by atoms with van der Waals surface area (Å²) >= 11 is 0. The van der Waals surface area contributed by atoms with E-state index in [1.54, 1.807) is 12.1 Å². The number of carbonyl (C=O) groups excluding carboxylic acids is 3. The van der Waals surface area contributed by atoms with Gasteiger partial charge in [0.15, 0.2) is 11.6 Å². The van der Waals surface area contributed by atoms with Crippen molar-refractivity contribution in [1.82, 2.24) is 10.4 Å². The molecule has 1 spiro atoms. The van der Waals surface area contributed by atoms with E-state index in [9.17, 15) is 18.9 Å². The second-order valence-electron chi connectivity index (χ2n) is 4.63. The van der Waals surface area contributed by atoms with Crippen LogP contribution >= 0.6 is 0 Å². The average molecular weight is 279 g/mol. The Kier molecular flexibility index (Phi) is 2.43. The largest absolute Gasteiger partial charge is 0.480 e. The summed E-state index contributed by atoms with van der Waals surface area (Å²) in [6.45, 7) is 0. The summed E-state index contributed by atoms with van der Waals surface area (Å²) in [6.07, 6.45) is -1.37. The van der Waals surface area contributed by atoms with E-state index >= 15 is 0 Å². The van der Waals surface area contributed by atoms with Gasteiger partial charge in [0.25, 0.3) is 11.8 Å². The zero-order chi connectivity index (χ0) is 14.5. The zero-order valence-corrected chi connectivity index (χ0v) is 10.1. The zero-order valence-electron chi connectivity index (χ0n) is 10.1. The Morgan fingerprint density at radius 3 is 2.75 bits per heavy atom. The maximum atomic E-state index is 13.5. The van der Waals surface area contributed by atoms with Gasteiger partial charge in [0, 0.05) is 12.0 Å².